The Morgan fingerprint density at radius 1 is 1.21 bits per heavy atom. The Hall–Kier alpha value is -3.19. The Morgan fingerprint density at radius 2 is 1.91 bits per heavy atom. The summed E-state index contributed by atoms with van der Waals surface area (Å²) in [7, 11) is 0. The lowest BCUT2D eigenvalue weighted by molar-refractivity contribution is -0.384. The fourth-order valence-corrected chi connectivity index (χ4v) is 4.57. The van der Waals surface area contributed by atoms with Gasteiger partial charge in [0.2, 0.25) is 0 Å². The third-order valence-corrected chi connectivity index (χ3v) is 6.06. The topological polar surface area (TPSA) is 105 Å². The van der Waals surface area contributed by atoms with Crippen LogP contribution in [0.15, 0.2) is 69.1 Å². The molecule has 0 spiro atoms. The number of nitriles is 1. The smallest absolute Gasteiger partial charge is 0.269 e. The maximum Gasteiger partial charge on any atom is 0.269 e. The van der Waals surface area contributed by atoms with Crippen molar-refractivity contribution in [2.75, 3.05) is 5.32 Å². The first kappa shape index (κ1) is 25.4. The van der Waals surface area contributed by atoms with Crippen LogP contribution < -0.4 is 10.1 Å². The summed E-state index contributed by atoms with van der Waals surface area (Å²) in [5.74, 6) is -0.0905. The zero-order valence-corrected chi connectivity index (χ0v) is 21.6. The maximum absolute atomic E-state index is 12.6. The summed E-state index contributed by atoms with van der Waals surface area (Å²) in [5, 5.41) is 23.7. The molecule has 0 bridgehead atoms. The number of benzene rings is 3. The SMILES string of the molecule is Cc1ccc(Cl)cc1NC(=O)/C(C#N)=C/c1cc(Br)c(OCc2cccc([N+](=O)[O-])c2)c(Br)c1. The van der Waals surface area contributed by atoms with Crippen molar-refractivity contribution < 1.29 is 14.5 Å². The van der Waals surface area contributed by atoms with Gasteiger partial charge in [-0.3, -0.25) is 14.9 Å². The number of nitrogens with zero attached hydrogens (tertiary/aromatic N) is 2. The molecule has 3 rings (SSSR count). The van der Waals surface area contributed by atoms with E-state index in [1.807, 2.05) is 13.0 Å². The molecule has 0 radical (unpaired) electrons. The van der Waals surface area contributed by atoms with Crippen LogP contribution in [0.3, 0.4) is 0 Å². The van der Waals surface area contributed by atoms with E-state index in [2.05, 4.69) is 37.2 Å². The van der Waals surface area contributed by atoms with Crippen LogP contribution in [0.25, 0.3) is 6.08 Å². The third kappa shape index (κ3) is 6.44. The molecule has 3 aromatic carbocycles. The largest absolute Gasteiger partial charge is 0.487 e. The van der Waals surface area contributed by atoms with E-state index >= 15 is 0 Å². The average Bonchev–Trinajstić information content (AvgIpc) is 2.79. The fraction of sp³-hybridized carbons (Fsp3) is 0.0833. The highest BCUT2D eigenvalue weighted by molar-refractivity contribution is 9.11. The second kappa shape index (κ2) is 11.3. The fourth-order valence-electron chi connectivity index (χ4n) is 2.95. The Bertz CT molecular complexity index is 1330. The van der Waals surface area contributed by atoms with Crippen molar-refractivity contribution in [2.24, 2.45) is 0 Å². The highest BCUT2D eigenvalue weighted by Crippen LogP contribution is 2.36. The number of nitro groups is 1. The molecule has 172 valence electrons. The van der Waals surface area contributed by atoms with Gasteiger partial charge in [0.1, 0.15) is 24.0 Å². The lowest BCUT2D eigenvalue weighted by atomic mass is 10.1. The Kier molecular flexibility index (Phi) is 8.45. The zero-order chi connectivity index (χ0) is 24.8. The van der Waals surface area contributed by atoms with Crippen molar-refractivity contribution in [2.45, 2.75) is 13.5 Å². The van der Waals surface area contributed by atoms with Gasteiger partial charge in [0.15, 0.2) is 0 Å². The number of carbonyl (C=O) groups is 1. The number of hydrogen-bond donors (Lipinski definition) is 1. The van der Waals surface area contributed by atoms with Gasteiger partial charge in [0.25, 0.3) is 11.6 Å². The minimum atomic E-state index is -0.564. The van der Waals surface area contributed by atoms with Crippen LogP contribution in [-0.2, 0) is 11.4 Å². The molecule has 0 fully saturated rings. The highest BCUT2D eigenvalue weighted by atomic mass is 79.9. The van der Waals surface area contributed by atoms with E-state index in [1.165, 1.54) is 18.2 Å². The Labute approximate surface area is 217 Å². The van der Waals surface area contributed by atoms with E-state index in [9.17, 15) is 20.2 Å². The molecule has 0 saturated carbocycles. The quantitative estimate of drug-likeness (QED) is 0.133. The van der Waals surface area contributed by atoms with Crippen LogP contribution in [0, 0.1) is 28.4 Å². The molecule has 10 heteroatoms. The van der Waals surface area contributed by atoms with E-state index in [4.69, 9.17) is 16.3 Å². The number of nitro benzene ring substituents is 1. The number of rotatable bonds is 7. The van der Waals surface area contributed by atoms with Crippen molar-refractivity contribution in [3.8, 4) is 11.8 Å². The molecule has 0 aromatic heterocycles. The second-order valence-corrected chi connectivity index (χ2v) is 9.26. The van der Waals surface area contributed by atoms with Gasteiger partial charge < -0.3 is 10.1 Å². The van der Waals surface area contributed by atoms with Crippen LogP contribution in [0.2, 0.25) is 5.02 Å². The molecular formula is C24H16Br2ClN3O4. The number of non-ortho nitro benzene ring substituents is 1. The summed E-state index contributed by atoms with van der Waals surface area (Å²) in [6.07, 6.45) is 1.45. The highest BCUT2D eigenvalue weighted by Gasteiger charge is 2.14. The number of anilines is 1. The molecule has 7 nitrogen and oxygen atoms in total. The average molecular weight is 606 g/mol. The maximum atomic E-state index is 12.6. The van der Waals surface area contributed by atoms with Gasteiger partial charge in [-0.25, -0.2) is 0 Å². The molecule has 0 aliphatic rings. The second-order valence-electron chi connectivity index (χ2n) is 7.11. The van der Waals surface area contributed by atoms with Gasteiger partial charge in [0.05, 0.1) is 13.9 Å². The number of amides is 1. The standard InChI is InChI=1S/C24H16Br2ClN3O4/c1-14-5-6-18(27)11-22(14)29-24(31)17(12-28)7-16-9-20(25)23(21(26)10-16)34-13-15-3-2-4-19(8-15)30(32)33/h2-11H,13H2,1H3,(H,29,31)/b17-7+. The molecule has 0 saturated heterocycles. The third-order valence-electron chi connectivity index (χ3n) is 4.65. The van der Waals surface area contributed by atoms with Crippen molar-refractivity contribution in [1.29, 1.82) is 5.26 Å². The van der Waals surface area contributed by atoms with E-state index < -0.39 is 10.8 Å². The summed E-state index contributed by atoms with van der Waals surface area (Å²) in [6, 6.07) is 16.6. The number of nitrogens with one attached hydrogen (secondary N) is 1. The zero-order valence-electron chi connectivity index (χ0n) is 17.6. The Morgan fingerprint density at radius 3 is 2.56 bits per heavy atom. The van der Waals surface area contributed by atoms with Gasteiger partial charge in [-0.05, 0) is 85.8 Å². The molecule has 0 heterocycles. The summed E-state index contributed by atoms with van der Waals surface area (Å²) in [6.45, 7) is 1.93. The molecule has 0 unspecified atom stereocenters. The monoisotopic (exact) mass is 603 g/mol. The first-order valence-electron chi connectivity index (χ1n) is 9.72. The first-order valence-corrected chi connectivity index (χ1v) is 11.7. The van der Waals surface area contributed by atoms with E-state index in [1.54, 1.807) is 42.5 Å². The number of halogens is 3. The number of carbonyl (C=O) groups excluding carboxylic acids is 1. The van der Waals surface area contributed by atoms with Crippen molar-refractivity contribution in [3.05, 3.63) is 101 Å². The van der Waals surface area contributed by atoms with E-state index in [0.717, 1.165) is 5.56 Å². The number of aryl methyl sites for hydroxylation is 1. The van der Waals surface area contributed by atoms with Crippen LogP contribution in [-0.4, -0.2) is 10.8 Å². The molecule has 34 heavy (non-hydrogen) atoms. The summed E-state index contributed by atoms with van der Waals surface area (Å²) >= 11 is 12.9. The molecular weight excluding hydrogens is 590 g/mol. The van der Waals surface area contributed by atoms with E-state index in [-0.39, 0.29) is 17.9 Å². The molecule has 1 amide bonds. The minimum absolute atomic E-state index is 0.0185. The first-order chi connectivity index (χ1) is 16.2. The molecule has 0 aliphatic carbocycles. The lowest BCUT2D eigenvalue weighted by Gasteiger charge is -2.12. The van der Waals surface area contributed by atoms with Crippen LogP contribution in [0.1, 0.15) is 16.7 Å². The number of hydrogen-bond acceptors (Lipinski definition) is 5. The predicted octanol–water partition coefficient (Wildman–Crippen LogP) is 7.21. The molecule has 3 aromatic rings. The summed E-state index contributed by atoms with van der Waals surface area (Å²) < 4.78 is 6.97. The normalized spacial score (nSPS) is 11.0. The van der Waals surface area contributed by atoms with Gasteiger partial charge in [0, 0.05) is 22.8 Å². The van der Waals surface area contributed by atoms with Crippen LogP contribution in [0.4, 0.5) is 11.4 Å². The Balaban J connectivity index is 1.79. The van der Waals surface area contributed by atoms with Gasteiger partial charge in [-0.1, -0.05) is 29.8 Å². The van der Waals surface area contributed by atoms with Gasteiger partial charge in [-0.2, -0.15) is 5.26 Å². The lowest BCUT2D eigenvalue weighted by Crippen LogP contribution is -2.14. The minimum Gasteiger partial charge on any atom is -0.487 e. The van der Waals surface area contributed by atoms with Crippen molar-refractivity contribution >= 4 is 66.8 Å². The summed E-state index contributed by atoms with van der Waals surface area (Å²) in [4.78, 5) is 23.1. The van der Waals surface area contributed by atoms with Gasteiger partial charge in [-0.15, -0.1) is 0 Å². The van der Waals surface area contributed by atoms with Gasteiger partial charge >= 0.3 is 0 Å². The number of ether oxygens (including phenoxy) is 1. The van der Waals surface area contributed by atoms with Crippen molar-refractivity contribution in [3.63, 3.8) is 0 Å². The molecule has 0 aliphatic heterocycles. The van der Waals surface area contributed by atoms with Crippen LogP contribution >= 0.6 is 43.5 Å². The molecule has 0 atom stereocenters. The summed E-state index contributed by atoms with van der Waals surface area (Å²) in [5.41, 5.74) is 2.43. The predicted molar refractivity (Wildman–Crippen MR) is 138 cm³/mol. The van der Waals surface area contributed by atoms with E-state index in [0.29, 0.717) is 36.5 Å². The van der Waals surface area contributed by atoms with Crippen molar-refractivity contribution in [1.82, 2.24) is 0 Å². The van der Waals surface area contributed by atoms with Crippen LogP contribution in [0.5, 0.6) is 5.75 Å². The molecule has 1 N–H and O–H groups in total.